The first kappa shape index (κ1) is 24.6. The number of nitrogens with zero attached hydrogens (tertiary/aromatic N) is 2. The number of halogens is 2. The van der Waals surface area contributed by atoms with Gasteiger partial charge in [-0.1, -0.05) is 42.5 Å². The summed E-state index contributed by atoms with van der Waals surface area (Å²) in [7, 11) is -2.75. The summed E-state index contributed by atoms with van der Waals surface area (Å²) in [6.07, 6.45) is 1.85. The molecule has 0 aliphatic heterocycles. The molecular formula is C26H20F2N4O3S2. The molecule has 0 saturated heterocycles. The maximum absolute atomic E-state index is 14.2. The smallest absolute Gasteiger partial charge is 0.295 e. The highest BCUT2D eigenvalue weighted by Crippen LogP contribution is 2.32. The highest BCUT2D eigenvalue weighted by molar-refractivity contribution is 7.73. The van der Waals surface area contributed by atoms with E-state index in [9.17, 15) is 17.2 Å². The lowest BCUT2D eigenvalue weighted by Crippen LogP contribution is -2.14. The van der Waals surface area contributed by atoms with Crippen LogP contribution in [0.5, 0.6) is 0 Å². The Hall–Kier alpha value is -4.09. The summed E-state index contributed by atoms with van der Waals surface area (Å²) in [6.45, 7) is 0. The van der Waals surface area contributed by atoms with Crippen LogP contribution in [0.3, 0.4) is 0 Å². The molecule has 0 radical (unpaired) electrons. The van der Waals surface area contributed by atoms with Gasteiger partial charge in [0.1, 0.15) is 16.6 Å². The minimum atomic E-state index is -2.75. The van der Waals surface area contributed by atoms with Gasteiger partial charge in [-0.25, -0.2) is 27.2 Å². The fourth-order valence-electron chi connectivity index (χ4n) is 3.75. The van der Waals surface area contributed by atoms with Gasteiger partial charge in [0.25, 0.3) is 6.01 Å². The highest BCUT2D eigenvalue weighted by Gasteiger charge is 2.20. The van der Waals surface area contributed by atoms with Gasteiger partial charge in [0.05, 0.1) is 23.5 Å². The van der Waals surface area contributed by atoms with E-state index in [1.165, 1.54) is 23.6 Å². The molecule has 0 fully saturated rings. The van der Waals surface area contributed by atoms with Crippen LogP contribution in [0.2, 0.25) is 0 Å². The van der Waals surface area contributed by atoms with E-state index in [1.54, 1.807) is 12.1 Å². The Labute approximate surface area is 216 Å². The number of thiol groups is 1. The lowest BCUT2D eigenvalue weighted by atomic mass is 10.0. The van der Waals surface area contributed by atoms with Gasteiger partial charge in [-0.05, 0) is 36.2 Å². The zero-order chi connectivity index (χ0) is 25.8. The average Bonchev–Trinajstić information content (AvgIpc) is 3.55. The SMILES string of the molecule is O=[SH](=O)Nc1ccc(C[C@H](Nc2ncc(-c3ccc(F)cc3F)o2)c2csc(-c3ccccc3)n2)cc1. The highest BCUT2D eigenvalue weighted by atomic mass is 32.2. The summed E-state index contributed by atoms with van der Waals surface area (Å²) in [5, 5.41) is 6.03. The van der Waals surface area contributed by atoms with E-state index < -0.39 is 22.5 Å². The minimum Gasteiger partial charge on any atom is -0.423 e. The summed E-state index contributed by atoms with van der Waals surface area (Å²) in [5.41, 5.74) is 3.21. The second-order valence-electron chi connectivity index (χ2n) is 8.06. The Morgan fingerprint density at radius 2 is 1.78 bits per heavy atom. The first-order valence-electron chi connectivity index (χ1n) is 11.1. The second-order valence-corrected chi connectivity index (χ2v) is 9.66. The van der Waals surface area contributed by atoms with Gasteiger partial charge in [-0.2, -0.15) is 0 Å². The van der Waals surface area contributed by atoms with Crippen LogP contribution in [0, 0.1) is 11.6 Å². The van der Waals surface area contributed by atoms with Crippen LogP contribution in [-0.2, 0) is 17.3 Å². The van der Waals surface area contributed by atoms with E-state index in [1.807, 2.05) is 47.8 Å². The molecule has 37 heavy (non-hydrogen) atoms. The lowest BCUT2D eigenvalue weighted by Gasteiger charge is -2.16. The molecule has 7 nitrogen and oxygen atoms in total. The number of thiazole rings is 1. The van der Waals surface area contributed by atoms with E-state index in [0.717, 1.165) is 34.0 Å². The number of benzene rings is 3. The summed E-state index contributed by atoms with van der Waals surface area (Å²) < 4.78 is 57.5. The first-order valence-corrected chi connectivity index (χ1v) is 13.2. The fraction of sp³-hybridized carbons (Fsp3) is 0.0769. The van der Waals surface area contributed by atoms with E-state index in [2.05, 4.69) is 15.0 Å². The molecule has 5 rings (SSSR count). The topological polar surface area (TPSA) is 97.1 Å². The van der Waals surface area contributed by atoms with Crippen molar-refractivity contribution in [3.63, 3.8) is 0 Å². The van der Waals surface area contributed by atoms with Gasteiger partial charge in [0.15, 0.2) is 5.76 Å². The van der Waals surface area contributed by atoms with Crippen LogP contribution in [-0.4, -0.2) is 18.4 Å². The van der Waals surface area contributed by atoms with Crippen LogP contribution in [0.25, 0.3) is 21.9 Å². The van der Waals surface area contributed by atoms with Crippen molar-refractivity contribution in [2.75, 3.05) is 10.0 Å². The Kier molecular flexibility index (Phi) is 7.24. The first-order chi connectivity index (χ1) is 17.9. The molecule has 0 amide bonds. The molecular weight excluding hydrogens is 518 g/mol. The lowest BCUT2D eigenvalue weighted by molar-refractivity contribution is 0.554. The van der Waals surface area contributed by atoms with Gasteiger partial charge in [-0.3, -0.25) is 4.72 Å². The van der Waals surface area contributed by atoms with Gasteiger partial charge >= 0.3 is 0 Å². The maximum Gasteiger partial charge on any atom is 0.295 e. The van der Waals surface area contributed by atoms with E-state index in [4.69, 9.17) is 9.40 Å². The molecule has 2 heterocycles. The number of aromatic nitrogens is 2. The Balaban J connectivity index is 1.42. The summed E-state index contributed by atoms with van der Waals surface area (Å²) in [5.74, 6) is -1.27. The zero-order valence-corrected chi connectivity index (χ0v) is 20.8. The molecule has 0 unspecified atom stereocenters. The van der Waals surface area contributed by atoms with Crippen molar-refractivity contribution in [1.82, 2.24) is 9.97 Å². The fourth-order valence-corrected chi connectivity index (χ4v) is 4.99. The molecule has 1 atom stereocenters. The van der Waals surface area contributed by atoms with Crippen molar-refractivity contribution in [3.8, 4) is 21.9 Å². The van der Waals surface area contributed by atoms with Gasteiger partial charge in [0.2, 0.25) is 10.9 Å². The molecule has 2 aromatic heterocycles. The summed E-state index contributed by atoms with van der Waals surface area (Å²) >= 11 is 1.50. The standard InChI is InChI=1S/C26H20F2N4O3S2/c27-18-8-11-20(21(28)13-18)24-14-29-26(35-24)31-22(12-16-6-9-19(10-7-16)32-37(33)34)23-15-36-25(30-23)17-4-2-1-3-5-17/h1-11,13-15,22,37H,12H2,(H,29,31)(H,32,33,34)/t22-/m0/s1. The molecule has 2 N–H and O–H groups in total. The number of nitrogens with one attached hydrogen (secondary N) is 2. The van der Waals surface area contributed by atoms with Gasteiger partial charge in [-0.15, -0.1) is 11.3 Å². The molecule has 188 valence electrons. The quantitative estimate of drug-likeness (QED) is 0.197. The van der Waals surface area contributed by atoms with Gasteiger partial charge in [0, 0.05) is 22.7 Å². The van der Waals surface area contributed by atoms with E-state index >= 15 is 0 Å². The third kappa shape index (κ3) is 6.01. The van der Waals surface area contributed by atoms with Crippen molar-refractivity contribution >= 4 is 33.9 Å². The number of rotatable bonds is 9. The van der Waals surface area contributed by atoms with Crippen molar-refractivity contribution in [2.24, 2.45) is 0 Å². The Morgan fingerprint density at radius 3 is 2.51 bits per heavy atom. The number of hydrogen-bond donors (Lipinski definition) is 3. The van der Waals surface area contributed by atoms with Crippen LogP contribution >= 0.6 is 11.3 Å². The van der Waals surface area contributed by atoms with Crippen LogP contribution in [0.15, 0.2) is 88.8 Å². The van der Waals surface area contributed by atoms with Crippen molar-refractivity contribution in [1.29, 1.82) is 0 Å². The average molecular weight is 539 g/mol. The second kappa shape index (κ2) is 10.9. The Morgan fingerprint density at radius 1 is 1.00 bits per heavy atom. The molecule has 0 aliphatic rings. The minimum absolute atomic E-state index is 0.0957. The monoisotopic (exact) mass is 538 g/mol. The van der Waals surface area contributed by atoms with E-state index in [-0.39, 0.29) is 23.4 Å². The molecule has 0 bridgehead atoms. The number of hydrogen-bond acceptors (Lipinski definition) is 7. The third-order valence-electron chi connectivity index (χ3n) is 5.51. The van der Waals surface area contributed by atoms with Crippen molar-refractivity contribution < 1.29 is 21.6 Å². The number of anilines is 2. The Bertz CT molecular complexity index is 1580. The predicted molar refractivity (Wildman–Crippen MR) is 140 cm³/mol. The maximum atomic E-state index is 14.2. The molecule has 0 aliphatic carbocycles. The normalized spacial score (nSPS) is 12.0. The number of oxazole rings is 1. The summed E-state index contributed by atoms with van der Waals surface area (Å²) in [4.78, 5) is 9.05. The molecule has 5 aromatic rings. The third-order valence-corrected chi connectivity index (χ3v) is 6.86. The molecule has 11 heteroatoms. The van der Waals surface area contributed by atoms with Crippen LogP contribution in [0.4, 0.5) is 20.5 Å². The molecule has 0 saturated carbocycles. The molecule has 3 aromatic carbocycles. The zero-order valence-electron chi connectivity index (χ0n) is 19.1. The van der Waals surface area contributed by atoms with Crippen LogP contribution < -0.4 is 10.0 Å². The van der Waals surface area contributed by atoms with E-state index in [0.29, 0.717) is 12.1 Å². The summed E-state index contributed by atoms with van der Waals surface area (Å²) in [6, 6.07) is 19.8. The molecule has 0 spiro atoms. The largest absolute Gasteiger partial charge is 0.423 e. The predicted octanol–water partition coefficient (Wildman–Crippen LogP) is 6.08. The van der Waals surface area contributed by atoms with Crippen molar-refractivity contribution in [2.45, 2.75) is 12.5 Å². The van der Waals surface area contributed by atoms with Gasteiger partial charge < -0.3 is 9.73 Å². The van der Waals surface area contributed by atoms with Crippen molar-refractivity contribution in [3.05, 3.63) is 107 Å². The van der Waals surface area contributed by atoms with Crippen LogP contribution in [0.1, 0.15) is 17.3 Å².